The number of benzene rings is 2. The van der Waals surface area contributed by atoms with Crippen molar-refractivity contribution in [3.63, 3.8) is 0 Å². The van der Waals surface area contributed by atoms with Crippen LogP contribution in [0.2, 0.25) is 5.02 Å². The molecule has 3 nitrogen and oxygen atoms in total. The van der Waals surface area contributed by atoms with E-state index in [4.69, 9.17) is 11.6 Å². The van der Waals surface area contributed by atoms with Gasteiger partial charge in [-0.1, -0.05) is 29.8 Å². The molecule has 0 saturated heterocycles. The number of fused-ring (bicyclic) bond motifs is 1. The van der Waals surface area contributed by atoms with Gasteiger partial charge in [0.05, 0.1) is 6.54 Å². The highest BCUT2D eigenvalue weighted by Crippen LogP contribution is 2.55. The molecule has 1 fully saturated rings. The van der Waals surface area contributed by atoms with E-state index < -0.39 is 0 Å². The molecule has 0 amide bonds. The van der Waals surface area contributed by atoms with Crippen molar-refractivity contribution in [3.8, 4) is 0 Å². The Balaban J connectivity index is 0.000000314. The quantitative estimate of drug-likeness (QED) is 0.720. The van der Waals surface area contributed by atoms with Gasteiger partial charge >= 0.3 is 0 Å². The zero-order valence-corrected chi connectivity index (χ0v) is 16.0. The van der Waals surface area contributed by atoms with Gasteiger partial charge < -0.3 is 9.64 Å². The molecule has 0 aromatic heterocycles. The molecule has 0 bridgehead atoms. The fourth-order valence-electron chi connectivity index (χ4n) is 3.79. The Hall–Kier alpha value is -2.33. The van der Waals surface area contributed by atoms with E-state index in [9.17, 15) is 4.39 Å². The lowest BCUT2D eigenvalue weighted by molar-refractivity contribution is 0.361. The van der Waals surface area contributed by atoms with Crippen LogP contribution in [0.1, 0.15) is 24.0 Å². The standard InChI is InChI=1S/C19H17ClFN.C3H5NO/c1-22-12-15(10-13-2-7-17(21)11-18(13)22)19(8-9-19)14-3-5-16(20)6-4-14;1-2-5-3-4-1/h2-7,10-11H,8-9,12H2,1H3;3H,1-2H2. The van der Waals surface area contributed by atoms with Crippen molar-refractivity contribution >= 4 is 29.8 Å². The third-order valence-corrected chi connectivity index (χ3v) is 5.64. The van der Waals surface area contributed by atoms with Gasteiger partial charge in [0.2, 0.25) is 0 Å². The van der Waals surface area contributed by atoms with Crippen molar-refractivity contribution in [2.45, 2.75) is 18.3 Å². The van der Waals surface area contributed by atoms with E-state index >= 15 is 0 Å². The second kappa shape index (κ2) is 7.35. The van der Waals surface area contributed by atoms with Gasteiger partial charge in [0, 0.05) is 29.7 Å². The minimum absolute atomic E-state index is 0.144. The lowest BCUT2D eigenvalue weighted by Crippen LogP contribution is -2.29. The number of ether oxygens (including phenoxy) is 1. The first-order valence-corrected chi connectivity index (χ1v) is 9.54. The largest absolute Gasteiger partial charge is 0.482 e. The summed E-state index contributed by atoms with van der Waals surface area (Å²) in [4.78, 5) is 5.88. The van der Waals surface area contributed by atoms with Gasteiger partial charge in [-0.05, 0) is 59.9 Å². The number of rotatable bonds is 2. The molecule has 3 aliphatic rings. The van der Waals surface area contributed by atoms with Crippen LogP contribution in [0, 0.1) is 5.82 Å². The Morgan fingerprint density at radius 3 is 2.52 bits per heavy atom. The summed E-state index contributed by atoms with van der Waals surface area (Å²) in [6.07, 6.45) is 6.08. The molecule has 0 spiro atoms. The van der Waals surface area contributed by atoms with E-state index in [1.54, 1.807) is 6.07 Å². The van der Waals surface area contributed by atoms with Gasteiger partial charge in [-0.25, -0.2) is 4.39 Å². The van der Waals surface area contributed by atoms with E-state index in [0.29, 0.717) is 0 Å². The third kappa shape index (κ3) is 3.72. The molecule has 2 aliphatic heterocycles. The Labute approximate surface area is 164 Å². The first-order valence-electron chi connectivity index (χ1n) is 9.16. The molecule has 0 N–H and O–H groups in total. The van der Waals surface area contributed by atoms with E-state index in [1.807, 2.05) is 25.2 Å². The Morgan fingerprint density at radius 1 is 1.15 bits per heavy atom. The number of nitrogens with zero attached hydrogens (tertiary/aromatic N) is 2. The molecular weight excluding hydrogens is 363 g/mol. The molecule has 0 atom stereocenters. The highest BCUT2D eigenvalue weighted by atomic mass is 35.5. The third-order valence-electron chi connectivity index (χ3n) is 5.39. The summed E-state index contributed by atoms with van der Waals surface area (Å²) in [6.45, 7) is 2.47. The predicted molar refractivity (Wildman–Crippen MR) is 109 cm³/mol. The molecule has 27 heavy (non-hydrogen) atoms. The fourth-order valence-corrected chi connectivity index (χ4v) is 3.91. The number of likely N-dealkylation sites (N-methyl/N-ethyl adjacent to an activating group) is 1. The predicted octanol–water partition coefficient (Wildman–Crippen LogP) is 5.09. The fraction of sp³-hybridized carbons (Fsp3) is 0.318. The van der Waals surface area contributed by atoms with Crippen LogP contribution in [0.25, 0.3) is 6.08 Å². The van der Waals surface area contributed by atoms with Crippen molar-refractivity contribution in [1.82, 2.24) is 0 Å². The molecule has 2 aromatic carbocycles. The van der Waals surface area contributed by atoms with Gasteiger partial charge in [-0.3, -0.25) is 4.99 Å². The molecule has 2 heterocycles. The molecule has 140 valence electrons. The maximum absolute atomic E-state index is 13.5. The lowest BCUT2D eigenvalue weighted by Gasteiger charge is -2.32. The SMILES string of the molecule is C1=NCCO1.CN1CC(C2(c3ccc(Cl)cc3)CC2)=Cc2ccc(F)cc21. The first kappa shape index (κ1) is 18.1. The summed E-state index contributed by atoms with van der Waals surface area (Å²) < 4.78 is 18.1. The number of hydrogen-bond acceptors (Lipinski definition) is 3. The first-order chi connectivity index (χ1) is 13.1. The average molecular weight is 385 g/mol. The topological polar surface area (TPSA) is 24.8 Å². The van der Waals surface area contributed by atoms with Gasteiger partial charge in [-0.2, -0.15) is 0 Å². The van der Waals surface area contributed by atoms with Crippen molar-refractivity contribution in [2.75, 3.05) is 31.6 Å². The van der Waals surface area contributed by atoms with Crippen molar-refractivity contribution in [2.24, 2.45) is 4.99 Å². The monoisotopic (exact) mass is 384 g/mol. The van der Waals surface area contributed by atoms with Crippen LogP contribution in [0.15, 0.2) is 53.0 Å². The summed E-state index contributed by atoms with van der Waals surface area (Å²) >= 11 is 6.01. The molecule has 1 saturated carbocycles. The number of hydrogen-bond donors (Lipinski definition) is 0. The summed E-state index contributed by atoms with van der Waals surface area (Å²) in [5, 5.41) is 0.773. The summed E-state index contributed by atoms with van der Waals surface area (Å²) in [5.41, 5.74) is 4.96. The van der Waals surface area contributed by atoms with E-state index in [2.05, 4.69) is 32.8 Å². The smallest absolute Gasteiger partial charge is 0.169 e. The highest BCUT2D eigenvalue weighted by molar-refractivity contribution is 6.30. The minimum Gasteiger partial charge on any atom is -0.482 e. The maximum Gasteiger partial charge on any atom is 0.169 e. The van der Waals surface area contributed by atoms with Gasteiger partial charge in [0.25, 0.3) is 0 Å². The molecule has 0 radical (unpaired) electrons. The van der Waals surface area contributed by atoms with Crippen molar-refractivity contribution < 1.29 is 9.13 Å². The zero-order chi connectivity index (χ0) is 18.9. The van der Waals surface area contributed by atoms with Crippen LogP contribution in [0.4, 0.5) is 10.1 Å². The molecule has 1 aliphatic carbocycles. The Kier molecular flexibility index (Phi) is 4.92. The molecule has 5 rings (SSSR count). The number of halogens is 2. The lowest BCUT2D eigenvalue weighted by atomic mass is 9.84. The number of anilines is 1. The van der Waals surface area contributed by atoms with E-state index in [0.717, 1.165) is 36.0 Å². The Bertz CT molecular complexity index is 882. The normalized spacial score (nSPS) is 18.8. The average Bonchev–Trinajstić information content (AvgIpc) is 3.24. The van der Waals surface area contributed by atoms with Crippen LogP contribution in [0.5, 0.6) is 0 Å². The molecule has 5 heteroatoms. The van der Waals surface area contributed by atoms with Gasteiger partial charge in [0.1, 0.15) is 12.4 Å². The maximum atomic E-state index is 13.5. The van der Waals surface area contributed by atoms with Crippen LogP contribution in [0.3, 0.4) is 0 Å². The van der Waals surface area contributed by atoms with Crippen LogP contribution in [-0.2, 0) is 10.2 Å². The summed E-state index contributed by atoms with van der Waals surface area (Å²) in [6, 6.07) is 13.2. The van der Waals surface area contributed by atoms with Gasteiger partial charge in [0.15, 0.2) is 6.40 Å². The van der Waals surface area contributed by atoms with Crippen LogP contribution in [-0.4, -0.2) is 33.1 Å². The molecular formula is C22H22ClFN2O. The zero-order valence-electron chi connectivity index (χ0n) is 15.3. The van der Waals surface area contributed by atoms with Crippen LogP contribution >= 0.6 is 11.6 Å². The minimum atomic E-state index is -0.179. The summed E-state index contributed by atoms with van der Waals surface area (Å²) in [7, 11) is 2.03. The van der Waals surface area contributed by atoms with Gasteiger partial charge in [-0.15, -0.1) is 0 Å². The summed E-state index contributed by atoms with van der Waals surface area (Å²) in [5.74, 6) is -0.179. The van der Waals surface area contributed by atoms with Crippen LogP contribution < -0.4 is 4.90 Å². The van der Waals surface area contributed by atoms with Crippen molar-refractivity contribution in [3.05, 3.63) is 70.0 Å². The second-order valence-corrected chi connectivity index (χ2v) is 7.64. The molecule has 2 aromatic rings. The highest BCUT2D eigenvalue weighted by Gasteiger charge is 2.48. The van der Waals surface area contributed by atoms with Crippen molar-refractivity contribution in [1.29, 1.82) is 0 Å². The van der Waals surface area contributed by atoms with E-state index in [1.165, 1.54) is 36.4 Å². The Morgan fingerprint density at radius 2 is 1.93 bits per heavy atom. The van der Waals surface area contributed by atoms with E-state index in [-0.39, 0.29) is 11.2 Å². The molecule has 0 unspecified atom stereocenters. The second-order valence-electron chi connectivity index (χ2n) is 7.20. The number of aliphatic imine (C=N–C) groups is 1.